The number of nitrogens with one attached hydrogen (secondary N) is 1. The second-order valence-electron chi connectivity index (χ2n) is 5.09. The van der Waals surface area contributed by atoms with Gasteiger partial charge in [-0.3, -0.25) is 10.1 Å². The first-order valence-electron chi connectivity index (χ1n) is 7.17. The van der Waals surface area contributed by atoms with Crippen LogP contribution in [0.1, 0.15) is 16.1 Å². The number of aromatic nitrogens is 2. The van der Waals surface area contributed by atoms with Gasteiger partial charge in [0.15, 0.2) is 10.7 Å². The van der Waals surface area contributed by atoms with E-state index in [1.54, 1.807) is 31.2 Å². The smallest absolute Gasteiger partial charge is 0.300 e. The van der Waals surface area contributed by atoms with Crippen LogP contribution in [0.3, 0.4) is 0 Å². The van der Waals surface area contributed by atoms with Crippen LogP contribution in [-0.2, 0) is 0 Å². The van der Waals surface area contributed by atoms with E-state index in [0.717, 1.165) is 5.69 Å². The molecule has 0 atom stereocenters. The van der Waals surface area contributed by atoms with Crippen molar-refractivity contribution in [1.29, 1.82) is 5.39 Å². The van der Waals surface area contributed by atoms with Crippen LogP contribution < -0.4 is 5.32 Å². The van der Waals surface area contributed by atoms with Gasteiger partial charge in [0.25, 0.3) is 5.91 Å². The molecule has 0 aliphatic heterocycles. The van der Waals surface area contributed by atoms with Crippen molar-refractivity contribution >= 4 is 29.0 Å². The minimum atomic E-state index is -0.375. The molecule has 1 aromatic heterocycles. The van der Waals surface area contributed by atoms with E-state index in [9.17, 15) is 10.2 Å². The highest BCUT2D eigenvalue weighted by atomic mass is 35.5. The zero-order chi connectivity index (χ0) is 17.1. The molecule has 0 bridgehead atoms. The van der Waals surface area contributed by atoms with Crippen LogP contribution in [0.15, 0.2) is 54.6 Å². The van der Waals surface area contributed by atoms with Crippen molar-refractivity contribution in [3.8, 4) is 5.69 Å². The summed E-state index contributed by atoms with van der Waals surface area (Å²) in [7, 11) is 0. The first kappa shape index (κ1) is 15.7. The highest BCUT2D eigenvalue weighted by Crippen LogP contribution is 2.31. The Morgan fingerprint density at radius 3 is 2.62 bits per heavy atom. The SMILES string of the molecule is Cc1nn(-c2ccccc2)c(NC(=O)c2cccc(Cl)c2)c1[N+]#N. The molecule has 0 radical (unpaired) electrons. The van der Waals surface area contributed by atoms with E-state index in [0.29, 0.717) is 16.3 Å². The number of hydrogen-bond donors (Lipinski definition) is 1. The van der Waals surface area contributed by atoms with Gasteiger partial charge in [0.2, 0.25) is 11.2 Å². The molecular formula is C17H13ClN5O+. The third-order valence-electron chi connectivity index (χ3n) is 3.45. The molecule has 0 saturated carbocycles. The first-order chi connectivity index (χ1) is 11.6. The molecule has 1 amide bonds. The number of carbonyl (C=O) groups is 1. The summed E-state index contributed by atoms with van der Waals surface area (Å²) in [6.45, 7) is 1.70. The van der Waals surface area contributed by atoms with Gasteiger partial charge in [0, 0.05) is 10.6 Å². The van der Waals surface area contributed by atoms with E-state index in [-0.39, 0.29) is 17.4 Å². The summed E-state index contributed by atoms with van der Waals surface area (Å²) in [4.78, 5) is 15.7. The minimum absolute atomic E-state index is 0.203. The molecule has 3 aromatic rings. The van der Waals surface area contributed by atoms with E-state index in [1.807, 2.05) is 30.3 Å². The Morgan fingerprint density at radius 1 is 1.21 bits per heavy atom. The Labute approximate surface area is 143 Å². The largest absolute Gasteiger partial charge is 0.449 e. The molecule has 2 aromatic carbocycles. The van der Waals surface area contributed by atoms with E-state index in [1.165, 1.54) is 4.68 Å². The van der Waals surface area contributed by atoms with Gasteiger partial charge in [-0.25, -0.2) is 4.68 Å². The molecule has 0 unspecified atom stereocenters. The van der Waals surface area contributed by atoms with Crippen molar-refractivity contribution in [2.24, 2.45) is 0 Å². The molecule has 6 nitrogen and oxygen atoms in total. The monoisotopic (exact) mass is 338 g/mol. The second kappa shape index (κ2) is 6.52. The predicted molar refractivity (Wildman–Crippen MR) is 92.5 cm³/mol. The zero-order valence-electron chi connectivity index (χ0n) is 12.8. The van der Waals surface area contributed by atoms with E-state index in [2.05, 4.69) is 15.4 Å². The number of diazo groups is 1. The number of anilines is 1. The van der Waals surface area contributed by atoms with E-state index < -0.39 is 0 Å². The Morgan fingerprint density at radius 2 is 1.96 bits per heavy atom. The van der Waals surface area contributed by atoms with Gasteiger partial charge in [-0.05, 0) is 37.3 Å². The number of para-hydroxylation sites is 1. The van der Waals surface area contributed by atoms with Gasteiger partial charge in [-0.1, -0.05) is 35.9 Å². The maximum Gasteiger partial charge on any atom is 0.449 e. The lowest BCUT2D eigenvalue weighted by Gasteiger charge is -2.07. The Balaban J connectivity index is 2.04. The van der Waals surface area contributed by atoms with Gasteiger partial charge in [0.05, 0.1) is 5.69 Å². The summed E-state index contributed by atoms with van der Waals surface area (Å²) in [6.07, 6.45) is 0. The summed E-state index contributed by atoms with van der Waals surface area (Å²) in [5.74, 6) is -0.0920. The van der Waals surface area contributed by atoms with Crippen LogP contribution in [-0.4, -0.2) is 15.7 Å². The molecule has 0 fully saturated rings. The van der Waals surface area contributed by atoms with Crippen molar-refractivity contribution in [3.05, 3.63) is 75.9 Å². The first-order valence-corrected chi connectivity index (χ1v) is 7.55. The number of amides is 1. The number of aryl methyl sites for hydroxylation is 1. The summed E-state index contributed by atoms with van der Waals surface area (Å²) in [5, 5.41) is 16.8. The molecule has 24 heavy (non-hydrogen) atoms. The Hall–Kier alpha value is -3.17. The van der Waals surface area contributed by atoms with E-state index in [4.69, 9.17) is 11.6 Å². The fourth-order valence-corrected chi connectivity index (χ4v) is 2.51. The molecule has 0 aliphatic rings. The number of hydrogen-bond acceptors (Lipinski definition) is 3. The standard InChI is InChI=1S/C17H12ClN5O/c1-11-15(21-19)16(23(22-11)14-8-3-2-4-9-14)20-17(24)12-6-5-7-13(18)10-12/h2-10H,1H3/p+1. The molecule has 7 heteroatoms. The maximum atomic E-state index is 12.5. The Kier molecular flexibility index (Phi) is 4.27. The molecule has 0 saturated heterocycles. The zero-order valence-corrected chi connectivity index (χ0v) is 13.5. The number of benzene rings is 2. The highest BCUT2D eigenvalue weighted by Gasteiger charge is 2.28. The summed E-state index contributed by atoms with van der Waals surface area (Å²) >= 11 is 5.93. The number of nitrogens with zero attached hydrogens (tertiary/aromatic N) is 4. The van der Waals surface area contributed by atoms with Gasteiger partial charge < -0.3 is 0 Å². The van der Waals surface area contributed by atoms with Crippen molar-refractivity contribution in [3.63, 3.8) is 0 Å². The van der Waals surface area contributed by atoms with Crippen LogP contribution in [0.4, 0.5) is 11.5 Å². The number of carbonyl (C=O) groups excluding carboxylic acids is 1. The molecule has 0 aliphatic carbocycles. The summed E-state index contributed by atoms with van der Waals surface area (Å²) in [5.41, 5.74) is 1.82. The summed E-state index contributed by atoms with van der Waals surface area (Å²) in [6, 6.07) is 15.8. The van der Waals surface area contributed by atoms with Crippen LogP contribution in [0.2, 0.25) is 5.02 Å². The summed E-state index contributed by atoms with van der Waals surface area (Å²) < 4.78 is 1.52. The van der Waals surface area contributed by atoms with Crippen molar-refractivity contribution < 1.29 is 4.79 Å². The van der Waals surface area contributed by atoms with Crippen LogP contribution in [0.25, 0.3) is 10.7 Å². The fraction of sp³-hybridized carbons (Fsp3) is 0.0588. The molecule has 118 valence electrons. The maximum absolute atomic E-state index is 12.5. The van der Waals surface area contributed by atoms with Gasteiger partial charge in [0.1, 0.15) is 0 Å². The average Bonchev–Trinajstić information content (AvgIpc) is 2.91. The Bertz CT molecular complexity index is 943. The van der Waals surface area contributed by atoms with Crippen molar-refractivity contribution in [2.45, 2.75) is 6.92 Å². The van der Waals surface area contributed by atoms with Crippen LogP contribution in [0.5, 0.6) is 0 Å². The molecular weight excluding hydrogens is 326 g/mol. The third kappa shape index (κ3) is 2.98. The fourth-order valence-electron chi connectivity index (χ4n) is 2.32. The third-order valence-corrected chi connectivity index (χ3v) is 3.68. The molecule has 1 heterocycles. The normalized spacial score (nSPS) is 10.2. The van der Waals surface area contributed by atoms with E-state index >= 15 is 0 Å². The molecule has 3 rings (SSSR count). The van der Waals surface area contributed by atoms with Gasteiger partial charge >= 0.3 is 5.69 Å². The number of rotatable bonds is 3. The lowest BCUT2D eigenvalue weighted by Crippen LogP contribution is -2.15. The highest BCUT2D eigenvalue weighted by molar-refractivity contribution is 6.31. The van der Waals surface area contributed by atoms with Crippen LogP contribution >= 0.6 is 11.6 Å². The topological polar surface area (TPSA) is 75.1 Å². The average molecular weight is 339 g/mol. The second-order valence-corrected chi connectivity index (χ2v) is 5.53. The van der Waals surface area contributed by atoms with Crippen molar-refractivity contribution in [1.82, 2.24) is 9.78 Å². The molecule has 1 N–H and O–H groups in total. The lowest BCUT2D eigenvalue weighted by atomic mass is 10.2. The van der Waals surface area contributed by atoms with Crippen LogP contribution in [0, 0.1) is 12.3 Å². The number of halogens is 1. The van der Waals surface area contributed by atoms with Gasteiger partial charge in [-0.2, -0.15) is 5.10 Å². The van der Waals surface area contributed by atoms with Gasteiger partial charge in [-0.15, -0.1) is 0 Å². The predicted octanol–water partition coefficient (Wildman–Crippen LogP) is 4.57. The quantitative estimate of drug-likeness (QED) is 0.711. The lowest BCUT2D eigenvalue weighted by molar-refractivity contribution is 0.102. The van der Waals surface area contributed by atoms with Crippen molar-refractivity contribution in [2.75, 3.05) is 5.32 Å². The minimum Gasteiger partial charge on any atom is -0.300 e. The molecule has 0 spiro atoms.